The molecule has 2 rings (SSSR count). The maximum Gasteiger partial charge on any atom is 0.123 e. The van der Waals surface area contributed by atoms with Gasteiger partial charge >= 0.3 is 0 Å². The van der Waals surface area contributed by atoms with Crippen LogP contribution in [0.2, 0.25) is 0 Å². The van der Waals surface area contributed by atoms with E-state index >= 15 is 0 Å². The van der Waals surface area contributed by atoms with Crippen molar-refractivity contribution in [1.29, 1.82) is 0 Å². The van der Waals surface area contributed by atoms with E-state index in [9.17, 15) is 5.11 Å². The van der Waals surface area contributed by atoms with Crippen molar-refractivity contribution in [2.75, 3.05) is 13.1 Å². The molecule has 4 nitrogen and oxygen atoms in total. The van der Waals surface area contributed by atoms with Crippen LogP contribution in [0.3, 0.4) is 0 Å². The number of aromatic hydroxyl groups is 1. The Balaban J connectivity index is 2.34. The molecule has 0 aliphatic carbocycles. The number of hydrogen-bond acceptors (Lipinski definition) is 4. The Labute approximate surface area is 134 Å². The first-order valence-corrected chi connectivity index (χ1v) is 8.01. The lowest BCUT2D eigenvalue weighted by molar-refractivity contribution is 0.0231. The summed E-state index contributed by atoms with van der Waals surface area (Å²) in [6.07, 6.45) is 0. The summed E-state index contributed by atoms with van der Waals surface area (Å²) in [5, 5.41) is 19.6. The van der Waals surface area contributed by atoms with Crippen LogP contribution in [-0.2, 0) is 17.4 Å². The molecule has 4 heteroatoms. The van der Waals surface area contributed by atoms with E-state index in [2.05, 4.69) is 64.1 Å². The van der Waals surface area contributed by atoms with Crippen molar-refractivity contribution in [3.63, 3.8) is 0 Å². The number of hydrogen-bond donors (Lipinski definition) is 3. The van der Waals surface area contributed by atoms with Crippen molar-refractivity contribution in [1.82, 2.24) is 10.4 Å². The average molecular weight is 306 g/mol. The summed E-state index contributed by atoms with van der Waals surface area (Å²) in [7, 11) is 0. The average Bonchev–Trinajstić information content (AvgIpc) is 2.31. The molecule has 3 N–H and O–H groups in total. The lowest BCUT2D eigenvalue weighted by Crippen LogP contribution is -2.56. The summed E-state index contributed by atoms with van der Waals surface area (Å²) in [5.41, 5.74) is 5.37. The van der Waals surface area contributed by atoms with E-state index in [1.54, 1.807) is 0 Å². The number of hydroxylamine groups is 1. The van der Waals surface area contributed by atoms with Gasteiger partial charge in [0.25, 0.3) is 0 Å². The highest BCUT2D eigenvalue weighted by Crippen LogP contribution is 2.40. The van der Waals surface area contributed by atoms with E-state index in [0.29, 0.717) is 5.75 Å². The monoisotopic (exact) mass is 306 g/mol. The first-order valence-electron chi connectivity index (χ1n) is 8.01. The molecule has 0 aromatic heterocycles. The normalized spacial score (nSPS) is 17.6. The number of nitrogens with one attached hydrogen (secondary N) is 1. The largest absolute Gasteiger partial charge is 0.507 e. The third-order valence-electron chi connectivity index (χ3n) is 4.33. The maximum absolute atomic E-state index is 10.7. The van der Waals surface area contributed by atoms with Crippen LogP contribution in [-0.4, -0.2) is 34.3 Å². The molecule has 0 amide bonds. The molecule has 1 heterocycles. The van der Waals surface area contributed by atoms with Crippen LogP contribution in [0.25, 0.3) is 0 Å². The fourth-order valence-electron chi connectivity index (χ4n) is 2.97. The van der Waals surface area contributed by atoms with E-state index in [0.717, 1.165) is 30.8 Å². The Morgan fingerprint density at radius 2 is 1.50 bits per heavy atom. The lowest BCUT2D eigenvalue weighted by Gasteiger charge is -2.38. The SMILES string of the molecule is CC(C)(C)c1cc(CN2CC(NO)C2)cc(C(C)(C)C)c1O. The van der Waals surface area contributed by atoms with Crippen LogP contribution in [0, 0.1) is 0 Å². The molecule has 0 unspecified atom stereocenters. The summed E-state index contributed by atoms with van der Waals surface area (Å²) in [6.45, 7) is 15.4. The summed E-state index contributed by atoms with van der Waals surface area (Å²) < 4.78 is 0. The Kier molecular flexibility index (Phi) is 4.58. The van der Waals surface area contributed by atoms with Gasteiger partial charge < -0.3 is 10.3 Å². The Hall–Kier alpha value is -1.10. The van der Waals surface area contributed by atoms with E-state index in [-0.39, 0.29) is 16.9 Å². The molecule has 1 aliphatic rings. The van der Waals surface area contributed by atoms with Crippen LogP contribution >= 0.6 is 0 Å². The molecule has 0 atom stereocenters. The van der Waals surface area contributed by atoms with Gasteiger partial charge in [0, 0.05) is 19.6 Å². The summed E-state index contributed by atoms with van der Waals surface area (Å²) in [4.78, 5) is 2.29. The Morgan fingerprint density at radius 3 is 1.86 bits per heavy atom. The number of rotatable bonds is 3. The summed E-state index contributed by atoms with van der Waals surface area (Å²) in [5.74, 6) is 0.433. The highest BCUT2D eigenvalue weighted by Gasteiger charge is 2.29. The zero-order valence-corrected chi connectivity index (χ0v) is 14.7. The molecule has 1 aliphatic heterocycles. The maximum atomic E-state index is 10.7. The predicted molar refractivity (Wildman–Crippen MR) is 89.5 cm³/mol. The number of phenols is 1. The molecule has 0 saturated carbocycles. The van der Waals surface area contributed by atoms with E-state index < -0.39 is 0 Å². The van der Waals surface area contributed by atoms with Gasteiger partial charge in [0.2, 0.25) is 0 Å². The minimum Gasteiger partial charge on any atom is -0.507 e. The Bertz CT molecular complexity index is 500. The second-order valence-corrected chi connectivity index (χ2v) is 8.56. The predicted octanol–water partition coefficient (Wildman–Crippen LogP) is 3.15. The first kappa shape index (κ1) is 17.3. The zero-order chi connectivity index (χ0) is 16.7. The highest BCUT2D eigenvalue weighted by molar-refractivity contribution is 5.49. The summed E-state index contributed by atoms with van der Waals surface area (Å²) >= 11 is 0. The third-order valence-corrected chi connectivity index (χ3v) is 4.33. The molecule has 0 spiro atoms. The van der Waals surface area contributed by atoms with Gasteiger partial charge in [0.05, 0.1) is 6.04 Å². The molecular weight excluding hydrogens is 276 g/mol. The minimum atomic E-state index is -0.0930. The van der Waals surface area contributed by atoms with Gasteiger partial charge in [-0.1, -0.05) is 53.7 Å². The standard InChI is InChI=1S/C18H30N2O2/c1-17(2,3)14-7-12(9-20-10-13(11-20)19-22)8-15(16(14)21)18(4,5)6/h7-8,13,19,21-22H,9-11H2,1-6H3. The zero-order valence-electron chi connectivity index (χ0n) is 14.7. The van der Waals surface area contributed by atoms with Crippen LogP contribution in [0.4, 0.5) is 0 Å². The third kappa shape index (κ3) is 3.62. The minimum absolute atomic E-state index is 0.0930. The molecule has 124 valence electrons. The van der Waals surface area contributed by atoms with Crippen LogP contribution in [0.5, 0.6) is 5.75 Å². The summed E-state index contributed by atoms with van der Waals surface area (Å²) in [6, 6.07) is 4.44. The smallest absolute Gasteiger partial charge is 0.123 e. The van der Waals surface area contributed by atoms with Crippen LogP contribution < -0.4 is 5.48 Å². The Morgan fingerprint density at radius 1 is 1.05 bits per heavy atom. The van der Waals surface area contributed by atoms with Crippen molar-refractivity contribution >= 4 is 0 Å². The quantitative estimate of drug-likeness (QED) is 0.751. The van der Waals surface area contributed by atoms with Crippen molar-refractivity contribution < 1.29 is 10.3 Å². The number of nitrogens with zero attached hydrogens (tertiary/aromatic N) is 1. The van der Waals surface area contributed by atoms with Crippen molar-refractivity contribution in [3.8, 4) is 5.75 Å². The van der Waals surface area contributed by atoms with Crippen molar-refractivity contribution in [2.45, 2.75) is 65.0 Å². The molecule has 1 saturated heterocycles. The van der Waals surface area contributed by atoms with E-state index in [1.807, 2.05) is 0 Å². The van der Waals surface area contributed by atoms with Gasteiger partial charge in [-0.25, -0.2) is 0 Å². The number of benzene rings is 1. The van der Waals surface area contributed by atoms with Crippen molar-refractivity contribution in [3.05, 3.63) is 28.8 Å². The molecule has 1 fully saturated rings. The molecule has 0 bridgehead atoms. The van der Waals surface area contributed by atoms with Gasteiger partial charge in [-0.15, -0.1) is 0 Å². The second kappa shape index (κ2) is 5.84. The second-order valence-electron chi connectivity index (χ2n) is 8.56. The molecule has 1 aromatic rings. The first-order chi connectivity index (χ1) is 10.0. The van der Waals surface area contributed by atoms with Gasteiger partial charge in [-0.3, -0.25) is 4.90 Å². The van der Waals surface area contributed by atoms with E-state index in [4.69, 9.17) is 5.21 Å². The molecular formula is C18H30N2O2. The van der Waals surface area contributed by atoms with Gasteiger partial charge in [-0.05, 0) is 27.5 Å². The molecule has 1 aromatic carbocycles. The fraction of sp³-hybridized carbons (Fsp3) is 0.667. The lowest BCUT2D eigenvalue weighted by atomic mass is 9.78. The molecule has 22 heavy (non-hydrogen) atoms. The number of likely N-dealkylation sites (tertiary alicyclic amines) is 1. The topological polar surface area (TPSA) is 55.7 Å². The number of phenolic OH excluding ortho intramolecular Hbond substituents is 1. The fourth-order valence-corrected chi connectivity index (χ4v) is 2.97. The highest BCUT2D eigenvalue weighted by atomic mass is 16.5. The van der Waals surface area contributed by atoms with E-state index in [1.165, 1.54) is 5.56 Å². The molecule has 0 radical (unpaired) electrons. The van der Waals surface area contributed by atoms with Gasteiger partial charge in [0.1, 0.15) is 5.75 Å². The van der Waals surface area contributed by atoms with Gasteiger partial charge in [0.15, 0.2) is 0 Å². The van der Waals surface area contributed by atoms with Crippen molar-refractivity contribution in [2.24, 2.45) is 0 Å². The van der Waals surface area contributed by atoms with Crippen LogP contribution in [0.15, 0.2) is 12.1 Å². The van der Waals surface area contributed by atoms with Crippen LogP contribution in [0.1, 0.15) is 58.2 Å². The van der Waals surface area contributed by atoms with Gasteiger partial charge in [-0.2, -0.15) is 5.48 Å².